The van der Waals surface area contributed by atoms with Gasteiger partial charge in [-0.05, 0) is 47.6 Å². The quantitative estimate of drug-likeness (QED) is 0.719. The monoisotopic (exact) mass is 241 g/mol. The maximum Gasteiger partial charge on any atom is 0.127 e. The van der Waals surface area contributed by atoms with Gasteiger partial charge in [-0.15, -0.1) is 0 Å². The normalized spacial score (nSPS) is 10.6. The van der Waals surface area contributed by atoms with E-state index in [1.165, 1.54) is 0 Å². The Kier molecular flexibility index (Phi) is 4.14. The number of aryl methyl sites for hydroxylation is 1. The van der Waals surface area contributed by atoms with Crippen LogP contribution in [-0.2, 0) is 12.8 Å². The fourth-order valence-electron chi connectivity index (χ4n) is 2.30. The molecule has 0 aliphatic heterocycles. The Morgan fingerprint density at radius 2 is 1.78 bits per heavy atom. The molecule has 0 amide bonds. The third-order valence-electron chi connectivity index (χ3n) is 3.19. The van der Waals surface area contributed by atoms with Crippen molar-refractivity contribution in [3.8, 4) is 11.1 Å². The van der Waals surface area contributed by atoms with Crippen molar-refractivity contribution in [2.75, 3.05) is 0 Å². The molecule has 0 atom stereocenters. The highest BCUT2D eigenvalue weighted by molar-refractivity contribution is 5.65. The Balaban J connectivity index is 2.51. The van der Waals surface area contributed by atoms with E-state index in [4.69, 9.17) is 0 Å². The van der Waals surface area contributed by atoms with E-state index in [-0.39, 0.29) is 5.82 Å². The lowest BCUT2D eigenvalue weighted by Crippen LogP contribution is -1.98. The van der Waals surface area contributed by atoms with Crippen LogP contribution in [0.2, 0.25) is 0 Å². The molecule has 0 aliphatic carbocycles. The van der Waals surface area contributed by atoms with Gasteiger partial charge < -0.3 is 0 Å². The summed E-state index contributed by atoms with van der Waals surface area (Å²) in [5, 5.41) is 0. The van der Waals surface area contributed by atoms with Crippen LogP contribution in [-0.4, -0.2) is 0 Å². The smallest absolute Gasteiger partial charge is 0.127 e. The molecule has 93 valence electrons. The van der Waals surface area contributed by atoms with Gasteiger partial charge >= 0.3 is 0 Å². The molecule has 0 nitrogen and oxygen atoms in total. The number of benzene rings is 2. The summed E-state index contributed by atoms with van der Waals surface area (Å²) in [6.07, 6.45) is 2.36. The van der Waals surface area contributed by atoms with Crippen LogP contribution >= 0.6 is 0 Å². The van der Waals surface area contributed by atoms with E-state index in [2.05, 4.69) is 13.0 Å². The van der Waals surface area contributed by atoms with Crippen molar-refractivity contribution in [2.24, 2.45) is 0 Å². The van der Waals surface area contributed by atoms with Crippen LogP contribution in [0.25, 0.3) is 11.1 Å². The molecule has 18 heavy (non-hydrogen) atoms. The minimum absolute atomic E-state index is 0.0951. The standard InChI is InChI=1S/C17H18F/c1-3-8-14-11-15(12-17(18)16(14)4-2)13-9-6-5-7-10-13/h5-7,9-12H,1,3-4,8H2,2H3. The summed E-state index contributed by atoms with van der Waals surface area (Å²) < 4.78 is 14.1. The molecule has 0 heterocycles. The summed E-state index contributed by atoms with van der Waals surface area (Å²) in [6, 6.07) is 13.7. The molecule has 2 aromatic rings. The minimum Gasteiger partial charge on any atom is -0.207 e. The molecule has 0 spiro atoms. The molecule has 0 N–H and O–H groups in total. The molecule has 0 fully saturated rings. The highest BCUT2D eigenvalue weighted by Gasteiger charge is 2.09. The van der Waals surface area contributed by atoms with Gasteiger partial charge in [-0.3, -0.25) is 0 Å². The molecule has 1 radical (unpaired) electrons. The first-order valence-corrected chi connectivity index (χ1v) is 6.42. The SMILES string of the molecule is [CH2]CCc1cc(-c2ccccc2)cc(F)c1CC. The first-order chi connectivity index (χ1) is 8.76. The molecule has 1 heteroatoms. The molecule has 0 unspecified atom stereocenters. The van der Waals surface area contributed by atoms with E-state index in [0.717, 1.165) is 41.5 Å². The number of halogens is 1. The van der Waals surface area contributed by atoms with Gasteiger partial charge in [0.25, 0.3) is 0 Å². The summed E-state index contributed by atoms with van der Waals surface area (Å²) in [7, 11) is 0. The third-order valence-corrected chi connectivity index (χ3v) is 3.19. The second-order valence-corrected chi connectivity index (χ2v) is 4.42. The van der Waals surface area contributed by atoms with Crippen molar-refractivity contribution in [3.05, 3.63) is 66.3 Å². The van der Waals surface area contributed by atoms with E-state index in [9.17, 15) is 4.39 Å². The van der Waals surface area contributed by atoms with Crippen LogP contribution in [0.5, 0.6) is 0 Å². The predicted octanol–water partition coefficient (Wildman–Crippen LogP) is 4.82. The van der Waals surface area contributed by atoms with Crippen LogP contribution in [0, 0.1) is 12.7 Å². The molecular formula is C17H18F. The van der Waals surface area contributed by atoms with Crippen molar-refractivity contribution < 1.29 is 4.39 Å². The number of rotatable bonds is 4. The molecular weight excluding hydrogens is 223 g/mol. The van der Waals surface area contributed by atoms with E-state index < -0.39 is 0 Å². The Morgan fingerprint density at radius 1 is 1.06 bits per heavy atom. The lowest BCUT2D eigenvalue weighted by molar-refractivity contribution is 0.609. The van der Waals surface area contributed by atoms with Crippen molar-refractivity contribution >= 4 is 0 Å². The van der Waals surface area contributed by atoms with Crippen molar-refractivity contribution in [3.63, 3.8) is 0 Å². The van der Waals surface area contributed by atoms with E-state index in [1.807, 2.05) is 37.3 Å². The lowest BCUT2D eigenvalue weighted by atomic mass is 9.95. The van der Waals surface area contributed by atoms with Crippen LogP contribution < -0.4 is 0 Å². The molecule has 2 aromatic carbocycles. The second-order valence-electron chi connectivity index (χ2n) is 4.42. The van der Waals surface area contributed by atoms with Crippen LogP contribution in [0.1, 0.15) is 24.5 Å². The van der Waals surface area contributed by atoms with Crippen molar-refractivity contribution in [1.82, 2.24) is 0 Å². The van der Waals surface area contributed by atoms with Crippen LogP contribution in [0.3, 0.4) is 0 Å². The van der Waals surface area contributed by atoms with Gasteiger partial charge in [0.05, 0.1) is 0 Å². The fraction of sp³-hybridized carbons (Fsp3) is 0.235. The number of hydrogen-bond donors (Lipinski definition) is 0. The Labute approximate surface area is 108 Å². The minimum atomic E-state index is -0.0951. The van der Waals surface area contributed by atoms with E-state index >= 15 is 0 Å². The highest BCUT2D eigenvalue weighted by Crippen LogP contribution is 2.26. The zero-order chi connectivity index (χ0) is 13.0. The van der Waals surface area contributed by atoms with Gasteiger partial charge in [-0.2, -0.15) is 0 Å². The molecule has 0 aromatic heterocycles. The third kappa shape index (κ3) is 2.61. The topological polar surface area (TPSA) is 0 Å². The van der Waals surface area contributed by atoms with E-state index in [0.29, 0.717) is 0 Å². The molecule has 0 saturated heterocycles. The lowest BCUT2D eigenvalue weighted by Gasteiger charge is -2.11. The molecule has 0 saturated carbocycles. The Morgan fingerprint density at radius 3 is 2.39 bits per heavy atom. The van der Waals surface area contributed by atoms with Gasteiger partial charge in [-0.1, -0.05) is 50.2 Å². The summed E-state index contributed by atoms with van der Waals surface area (Å²) in [6.45, 7) is 5.86. The zero-order valence-corrected chi connectivity index (χ0v) is 10.7. The Hall–Kier alpha value is -1.63. The van der Waals surface area contributed by atoms with Gasteiger partial charge in [-0.25, -0.2) is 4.39 Å². The first-order valence-electron chi connectivity index (χ1n) is 6.42. The summed E-state index contributed by atoms with van der Waals surface area (Å²) in [5.74, 6) is -0.0951. The molecule has 0 aliphatic rings. The van der Waals surface area contributed by atoms with Gasteiger partial charge in [0.2, 0.25) is 0 Å². The second kappa shape index (κ2) is 5.81. The molecule has 2 rings (SSSR count). The number of hydrogen-bond acceptors (Lipinski definition) is 0. The van der Waals surface area contributed by atoms with Gasteiger partial charge in [0, 0.05) is 0 Å². The highest BCUT2D eigenvalue weighted by atomic mass is 19.1. The average molecular weight is 241 g/mol. The van der Waals surface area contributed by atoms with Crippen molar-refractivity contribution in [2.45, 2.75) is 26.2 Å². The van der Waals surface area contributed by atoms with Crippen LogP contribution in [0.4, 0.5) is 4.39 Å². The predicted molar refractivity (Wildman–Crippen MR) is 74.9 cm³/mol. The first kappa shape index (κ1) is 12.8. The summed E-state index contributed by atoms with van der Waals surface area (Å²) in [4.78, 5) is 0. The Bertz CT molecular complexity index is 515. The van der Waals surface area contributed by atoms with Crippen LogP contribution in [0.15, 0.2) is 42.5 Å². The maximum atomic E-state index is 14.1. The summed E-state index contributed by atoms with van der Waals surface area (Å²) >= 11 is 0. The average Bonchev–Trinajstić information content (AvgIpc) is 2.40. The van der Waals surface area contributed by atoms with E-state index in [1.54, 1.807) is 6.07 Å². The maximum absolute atomic E-state index is 14.1. The van der Waals surface area contributed by atoms with Crippen molar-refractivity contribution in [1.29, 1.82) is 0 Å². The fourth-order valence-corrected chi connectivity index (χ4v) is 2.30. The van der Waals surface area contributed by atoms with Gasteiger partial charge in [0.15, 0.2) is 0 Å². The zero-order valence-electron chi connectivity index (χ0n) is 10.7. The largest absolute Gasteiger partial charge is 0.207 e. The van der Waals surface area contributed by atoms with Gasteiger partial charge in [0.1, 0.15) is 5.82 Å². The molecule has 0 bridgehead atoms. The summed E-state index contributed by atoms with van der Waals surface area (Å²) in [5.41, 5.74) is 3.93.